The molecule has 0 aliphatic carbocycles. The van der Waals surface area contributed by atoms with Crippen LogP contribution in [0.4, 0.5) is 5.69 Å². The first-order valence-corrected chi connectivity index (χ1v) is 10.8. The number of hydrogen-bond acceptors (Lipinski definition) is 7. The van der Waals surface area contributed by atoms with Crippen molar-refractivity contribution in [3.05, 3.63) is 78.1 Å². The first kappa shape index (κ1) is 20.8. The summed E-state index contributed by atoms with van der Waals surface area (Å²) in [6.45, 7) is 2.21. The second kappa shape index (κ2) is 8.83. The largest absolute Gasteiger partial charge is 0.476 e. The summed E-state index contributed by atoms with van der Waals surface area (Å²) in [5.74, 6) is 0.410. The van der Waals surface area contributed by atoms with Crippen molar-refractivity contribution in [2.45, 2.75) is 24.9 Å². The van der Waals surface area contributed by atoms with Crippen molar-refractivity contribution in [1.82, 2.24) is 35.3 Å². The zero-order chi connectivity index (χ0) is 22.7. The third-order valence-corrected chi connectivity index (χ3v) is 5.99. The molecule has 1 saturated heterocycles. The third kappa shape index (κ3) is 4.46. The number of carboxylic acids is 1. The number of carbonyl (C=O) groups is 1. The van der Waals surface area contributed by atoms with Crippen LogP contribution < -0.4 is 5.32 Å². The highest BCUT2D eigenvalue weighted by molar-refractivity contribution is 5.85. The number of aromatic amines is 2. The van der Waals surface area contributed by atoms with Crippen LogP contribution in [-0.2, 0) is 12.1 Å². The Bertz CT molecular complexity index is 1210. The molecule has 3 aromatic heterocycles. The van der Waals surface area contributed by atoms with E-state index in [1.165, 1.54) is 0 Å². The third-order valence-electron chi connectivity index (χ3n) is 5.99. The average molecular weight is 444 g/mol. The molecule has 1 fully saturated rings. The van der Waals surface area contributed by atoms with E-state index in [4.69, 9.17) is 10.1 Å². The van der Waals surface area contributed by atoms with Gasteiger partial charge in [-0.3, -0.25) is 20.1 Å². The maximum atomic E-state index is 11.1. The number of pyridine rings is 1. The van der Waals surface area contributed by atoms with Gasteiger partial charge in [0.2, 0.25) is 0 Å². The van der Waals surface area contributed by atoms with Crippen LogP contribution in [0.2, 0.25) is 0 Å². The van der Waals surface area contributed by atoms with Gasteiger partial charge in [-0.2, -0.15) is 10.2 Å². The van der Waals surface area contributed by atoms with Crippen LogP contribution in [0, 0.1) is 0 Å². The zero-order valence-electron chi connectivity index (χ0n) is 17.9. The fraction of sp³-hybridized carbons (Fsp3) is 0.261. The summed E-state index contributed by atoms with van der Waals surface area (Å²) in [6.07, 6.45) is 5.06. The van der Waals surface area contributed by atoms with Gasteiger partial charge in [0.15, 0.2) is 17.3 Å². The molecule has 10 heteroatoms. The van der Waals surface area contributed by atoms with Gasteiger partial charge < -0.3 is 10.4 Å². The number of aromatic carboxylic acids is 1. The van der Waals surface area contributed by atoms with E-state index >= 15 is 0 Å². The molecule has 1 aromatic carbocycles. The molecular weight excluding hydrogens is 420 g/mol. The van der Waals surface area contributed by atoms with Crippen LogP contribution in [0.3, 0.4) is 0 Å². The first-order valence-electron chi connectivity index (χ1n) is 10.8. The Labute approximate surface area is 190 Å². The Morgan fingerprint density at radius 2 is 1.82 bits per heavy atom. The van der Waals surface area contributed by atoms with E-state index in [0.29, 0.717) is 12.4 Å². The predicted molar refractivity (Wildman–Crippen MR) is 121 cm³/mol. The predicted octanol–water partition coefficient (Wildman–Crippen LogP) is 2.89. The van der Waals surface area contributed by atoms with Gasteiger partial charge in [0.1, 0.15) is 0 Å². The van der Waals surface area contributed by atoms with Gasteiger partial charge in [-0.15, -0.1) is 0 Å². The Morgan fingerprint density at radius 3 is 2.52 bits per heavy atom. The Balaban J connectivity index is 1.37. The topological polar surface area (TPSA) is 136 Å². The first-order chi connectivity index (χ1) is 16.1. The molecule has 0 unspecified atom stereocenters. The van der Waals surface area contributed by atoms with E-state index in [0.717, 1.165) is 48.7 Å². The van der Waals surface area contributed by atoms with Crippen LogP contribution in [0.5, 0.6) is 0 Å². The molecule has 0 spiro atoms. The molecule has 1 aliphatic rings. The molecule has 1 aliphatic heterocycles. The highest BCUT2D eigenvalue weighted by Gasteiger charge is 2.39. The number of rotatable bonds is 7. The number of aromatic nitrogens is 6. The lowest BCUT2D eigenvalue weighted by atomic mass is 9.86. The van der Waals surface area contributed by atoms with Crippen molar-refractivity contribution in [2.24, 2.45) is 0 Å². The van der Waals surface area contributed by atoms with Crippen molar-refractivity contribution >= 4 is 11.7 Å². The Hall–Kier alpha value is -4.05. The van der Waals surface area contributed by atoms with Gasteiger partial charge in [-0.05, 0) is 43.2 Å². The highest BCUT2D eigenvalue weighted by Crippen LogP contribution is 2.35. The van der Waals surface area contributed by atoms with E-state index in [9.17, 15) is 4.79 Å². The number of anilines is 1. The average Bonchev–Trinajstić information content (AvgIpc) is 3.53. The number of likely N-dealkylation sites (tertiary alicyclic amines) is 1. The van der Waals surface area contributed by atoms with Crippen molar-refractivity contribution in [3.63, 3.8) is 0 Å². The van der Waals surface area contributed by atoms with Crippen molar-refractivity contribution in [2.75, 3.05) is 18.4 Å². The number of H-pyrrole nitrogens is 2. The monoisotopic (exact) mass is 444 g/mol. The van der Waals surface area contributed by atoms with Gasteiger partial charge in [-0.1, -0.05) is 18.2 Å². The maximum Gasteiger partial charge on any atom is 0.356 e. The van der Waals surface area contributed by atoms with Gasteiger partial charge in [0.05, 0.1) is 11.2 Å². The molecular formula is C23H24N8O2. The van der Waals surface area contributed by atoms with Crippen molar-refractivity contribution in [1.29, 1.82) is 0 Å². The second-order valence-corrected chi connectivity index (χ2v) is 8.18. The minimum Gasteiger partial charge on any atom is -0.476 e. The molecule has 0 saturated carbocycles. The fourth-order valence-electron chi connectivity index (χ4n) is 4.21. The molecule has 0 bridgehead atoms. The van der Waals surface area contributed by atoms with E-state index in [-0.39, 0.29) is 5.69 Å². The number of carboxylic acid groups (broad SMARTS) is 1. The Kier molecular flexibility index (Phi) is 5.57. The van der Waals surface area contributed by atoms with Crippen molar-refractivity contribution < 1.29 is 9.90 Å². The second-order valence-electron chi connectivity index (χ2n) is 8.18. The zero-order valence-corrected chi connectivity index (χ0v) is 17.9. The summed E-state index contributed by atoms with van der Waals surface area (Å²) in [5.41, 5.74) is 2.35. The molecule has 0 atom stereocenters. The summed E-state index contributed by atoms with van der Waals surface area (Å²) in [4.78, 5) is 22.3. The summed E-state index contributed by atoms with van der Waals surface area (Å²) in [7, 11) is 0. The van der Waals surface area contributed by atoms with E-state index in [2.05, 4.69) is 35.6 Å². The Morgan fingerprint density at radius 1 is 1.06 bits per heavy atom. The summed E-state index contributed by atoms with van der Waals surface area (Å²) in [5, 5.41) is 27.1. The number of nitrogens with zero attached hydrogens (tertiary/aromatic N) is 5. The lowest BCUT2D eigenvalue weighted by molar-refractivity contribution is 0.0690. The standard InChI is InChI=1S/C23H24N8O2/c32-21(33)19-14-18(27-28-19)15-31-12-8-23(9-13-31,26-17-4-2-1-3-5-17)22-25-20(29-30-22)16-6-10-24-11-7-16/h1-7,10-11,14,26H,8-9,12-13,15H2,(H,27,28)(H,32,33)(H,25,29,30). The molecule has 4 N–H and O–H groups in total. The summed E-state index contributed by atoms with van der Waals surface area (Å²) in [6, 6.07) is 15.5. The van der Waals surface area contributed by atoms with Crippen LogP contribution in [0.25, 0.3) is 11.4 Å². The van der Waals surface area contributed by atoms with Crippen LogP contribution >= 0.6 is 0 Å². The molecule has 168 valence electrons. The SMILES string of the molecule is O=C(O)c1cc(CN2CCC(Nc3ccccc3)(c3nc(-c4ccncc4)n[nH]3)CC2)[nH]n1. The lowest BCUT2D eigenvalue weighted by Gasteiger charge is -2.41. The van der Waals surface area contributed by atoms with Gasteiger partial charge >= 0.3 is 5.97 Å². The summed E-state index contributed by atoms with van der Waals surface area (Å²) < 4.78 is 0. The summed E-state index contributed by atoms with van der Waals surface area (Å²) >= 11 is 0. The fourth-order valence-corrected chi connectivity index (χ4v) is 4.21. The molecule has 0 radical (unpaired) electrons. The molecule has 5 rings (SSSR count). The molecule has 4 heterocycles. The molecule has 10 nitrogen and oxygen atoms in total. The number of para-hydroxylation sites is 1. The number of nitrogens with one attached hydrogen (secondary N) is 3. The minimum absolute atomic E-state index is 0.0346. The van der Waals surface area contributed by atoms with E-state index < -0.39 is 11.5 Å². The minimum atomic E-state index is -1.03. The maximum absolute atomic E-state index is 11.1. The number of hydrogen-bond donors (Lipinski definition) is 4. The van der Waals surface area contributed by atoms with Gasteiger partial charge in [-0.25, -0.2) is 9.78 Å². The van der Waals surface area contributed by atoms with Crippen molar-refractivity contribution in [3.8, 4) is 11.4 Å². The number of benzene rings is 1. The molecule has 33 heavy (non-hydrogen) atoms. The van der Waals surface area contributed by atoms with Gasteiger partial charge in [0.25, 0.3) is 0 Å². The molecule has 4 aromatic rings. The van der Waals surface area contributed by atoms with Crippen LogP contribution in [0.15, 0.2) is 60.9 Å². The number of piperidine rings is 1. The lowest BCUT2D eigenvalue weighted by Crippen LogP contribution is -2.47. The molecule has 0 amide bonds. The van der Waals surface area contributed by atoms with Crippen LogP contribution in [-0.4, -0.2) is 59.4 Å². The quantitative estimate of drug-likeness (QED) is 0.342. The smallest absolute Gasteiger partial charge is 0.356 e. The van der Waals surface area contributed by atoms with E-state index in [1.807, 2.05) is 42.5 Å². The highest BCUT2D eigenvalue weighted by atomic mass is 16.4. The van der Waals surface area contributed by atoms with Crippen LogP contribution in [0.1, 0.15) is 34.8 Å². The normalized spacial score (nSPS) is 15.9. The van der Waals surface area contributed by atoms with Gasteiger partial charge in [0, 0.05) is 43.3 Å². The van der Waals surface area contributed by atoms with E-state index in [1.54, 1.807) is 18.5 Å².